The molecule has 1 amide bonds. The van der Waals surface area contributed by atoms with Gasteiger partial charge in [0.25, 0.3) is 0 Å². The second-order valence-electron chi connectivity index (χ2n) is 11.5. The SMILES string of the molecule is CC(C)N1CC(CN2CCC(O)(c3ccccc3)CC2)C(c2ccccc2)(c2ccccc2)C1=O.O=C(O)C=CC(=O)O. The Labute approximate surface area is 252 Å². The van der Waals surface area contributed by atoms with Gasteiger partial charge < -0.3 is 25.1 Å². The van der Waals surface area contributed by atoms with Gasteiger partial charge in [-0.25, -0.2) is 9.59 Å². The van der Waals surface area contributed by atoms with Gasteiger partial charge in [-0.2, -0.15) is 0 Å². The van der Waals surface area contributed by atoms with Crippen molar-refractivity contribution < 1.29 is 29.7 Å². The number of hydrogen-bond acceptors (Lipinski definition) is 5. The molecule has 8 heteroatoms. The van der Waals surface area contributed by atoms with Crippen molar-refractivity contribution in [3.05, 3.63) is 120 Å². The average Bonchev–Trinajstić information content (AvgIpc) is 3.31. The van der Waals surface area contributed by atoms with Crippen LogP contribution in [0.15, 0.2) is 103 Å². The molecule has 2 fully saturated rings. The minimum atomic E-state index is -1.26. The van der Waals surface area contributed by atoms with Gasteiger partial charge >= 0.3 is 11.9 Å². The third-order valence-corrected chi connectivity index (χ3v) is 8.55. The molecule has 2 saturated heterocycles. The second-order valence-corrected chi connectivity index (χ2v) is 11.5. The summed E-state index contributed by atoms with van der Waals surface area (Å²) in [5, 5.41) is 27.0. The van der Waals surface area contributed by atoms with Gasteiger partial charge in [0.1, 0.15) is 5.41 Å². The monoisotopic (exact) mass is 584 g/mol. The minimum Gasteiger partial charge on any atom is -0.478 e. The van der Waals surface area contributed by atoms with E-state index in [1.807, 2.05) is 66.7 Å². The van der Waals surface area contributed by atoms with E-state index in [2.05, 4.69) is 47.9 Å². The van der Waals surface area contributed by atoms with Crippen molar-refractivity contribution >= 4 is 17.8 Å². The summed E-state index contributed by atoms with van der Waals surface area (Å²) in [6.45, 7) is 7.42. The van der Waals surface area contributed by atoms with E-state index in [4.69, 9.17) is 10.2 Å². The molecule has 0 aliphatic carbocycles. The van der Waals surface area contributed by atoms with Crippen molar-refractivity contribution in [2.45, 2.75) is 43.7 Å². The molecule has 8 nitrogen and oxygen atoms in total. The van der Waals surface area contributed by atoms with Crippen LogP contribution in [0, 0.1) is 5.92 Å². The Bertz CT molecular complexity index is 1340. The van der Waals surface area contributed by atoms with Crippen LogP contribution in [0.2, 0.25) is 0 Å². The molecule has 0 saturated carbocycles. The van der Waals surface area contributed by atoms with E-state index < -0.39 is 23.0 Å². The fourth-order valence-corrected chi connectivity index (χ4v) is 6.38. The van der Waals surface area contributed by atoms with Crippen molar-refractivity contribution in [1.82, 2.24) is 9.80 Å². The summed E-state index contributed by atoms with van der Waals surface area (Å²) in [6.07, 6.45) is 2.52. The highest BCUT2D eigenvalue weighted by Gasteiger charge is 2.57. The first-order valence-corrected chi connectivity index (χ1v) is 14.6. The van der Waals surface area contributed by atoms with Crippen molar-refractivity contribution in [2.24, 2.45) is 5.92 Å². The lowest BCUT2D eigenvalue weighted by Crippen LogP contribution is -2.49. The van der Waals surface area contributed by atoms with Gasteiger partial charge in [-0.05, 0) is 43.4 Å². The molecule has 1 atom stereocenters. The third-order valence-electron chi connectivity index (χ3n) is 8.55. The summed E-state index contributed by atoms with van der Waals surface area (Å²) >= 11 is 0. The van der Waals surface area contributed by atoms with Crippen LogP contribution in [0.1, 0.15) is 43.4 Å². The molecule has 2 heterocycles. The maximum atomic E-state index is 14.3. The van der Waals surface area contributed by atoms with Crippen LogP contribution >= 0.6 is 0 Å². The maximum Gasteiger partial charge on any atom is 0.328 e. The van der Waals surface area contributed by atoms with Gasteiger partial charge in [-0.15, -0.1) is 0 Å². The first-order chi connectivity index (χ1) is 20.6. The number of piperidine rings is 1. The van der Waals surface area contributed by atoms with Crippen molar-refractivity contribution in [2.75, 3.05) is 26.2 Å². The van der Waals surface area contributed by atoms with Crippen LogP contribution < -0.4 is 0 Å². The summed E-state index contributed by atoms with van der Waals surface area (Å²) in [5.74, 6) is -2.20. The number of carboxylic acid groups (broad SMARTS) is 2. The normalized spacial score (nSPS) is 19.7. The molecule has 5 rings (SSSR count). The van der Waals surface area contributed by atoms with E-state index in [9.17, 15) is 19.5 Å². The Morgan fingerprint density at radius 2 is 1.21 bits per heavy atom. The number of hydrogen-bond donors (Lipinski definition) is 3. The highest BCUT2D eigenvalue weighted by atomic mass is 16.4. The number of aliphatic carboxylic acids is 2. The molecule has 3 aromatic carbocycles. The molecule has 226 valence electrons. The van der Waals surface area contributed by atoms with Gasteiger partial charge in [-0.1, -0.05) is 91.0 Å². The first kappa shape index (κ1) is 31.7. The molecule has 3 N–H and O–H groups in total. The fraction of sp³-hybridized carbons (Fsp3) is 0.343. The number of nitrogens with zero attached hydrogens (tertiary/aromatic N) is 2. The van der Waals surface area contributed by atoms with E-state index in [0.717, 1.165) is 42.9 Å². The number of carbonyl (C=O) groups excluding carboxylic acids is 1. The summed E-state index contributed by atoms with van der Waals surface area (Å²) in [4.78, 5) is 37.9. The average molecular weight is 585 g/mol. The van der Waals surface area contributed by atoms with E-state index >= 15 is 0 Å². The predicted octanol–water partition coefficient (Wildman–Crippen LogP) is 4.53. The quantitative estimate of drug-likeness (QED) is 0.333. The number of rotatable bonds is 8. The van der Waals surface area contributed by atoms with Crippen LogP contribution in [0.3, 0.4) is 0 Å². The fourth-order valence-electron chi connectivity index (χ4n) is 6.38. The van der Waals surface area contributed by atoms with E-state index in [1.54, 1.807) is 0 Å². The summed E-state index contributed by atoms with van der Waals surface area (Å²) < 4.78 is 0. The second kappa shape index (κ2) is 13.8. The lowest BCUT2D eigenvalue weighted by Gasteiger charge is -2.42. The van der Waals surface area contributed by atoms with Crippen LogP contribution in [0.4, 0.5) is 0 Å². The van der Waals surface area contributed by atoms with Crippen molar-refractivity contribution in [3.63, 3.8) is 0 Å². The third kappa shape index (κ3) is 7.04. The number of carboxylic acids is 2. The Morgan fingerprint density at radius 1 is 0.791 bits per heavy atom. The molecule has 0 spiro atoms. The molecule has 0 radical (unpaired) electrons. The molecule has 1 unspecified atom stereocenters. The van der Waals surface area contributed by atoms with Crippen molar-refractivity contribution in [1.29, 1.82) is 0 Å². The molecule has 43 heavy (non-hydrogen) atoms. The van der Waals surface area contributed by atoms with Gasteiger partial charge in [0.2, 0.25) is 5.91 Å². The highest BCUT2D eigenvalue weighted by Crippen LogP contribution is 2.47. The highest BCUT2D eigenvalue weighted by molar-refractivity contribution is 5.95. The Morgan fingerprint density at radius 3 is 1.60 bits per heavy atom. The lowest BCUT2D eigenvalue weighted by molar-refractivity contribution is -0.134. The molecule has 2 aliphatic heterocycles. The molecule has 3 aromatic rings. The van der Waals surface area contributed by atoms with Gasteiger partial charge in [-0.3, -0.25) is 4.79 Å². The standard InChI is InChI=1S/C31H36N2O2.C4H4O4/c1-24(2)33-23-28(22-32-20-18-30(35,19-21-32)25-12-6-3-7-13-25)31(29(33)34,26-14-8-4-9-15-26)27-16-10-5-11-17-27;5-3(6)1-2-4(7)8/h3-17,24,28,35H,18-23H2,1-2H3;1-2H,(H,5,6)(H,7,8). The summed E-state index contributed by atoms with van der Waals surface area (Å²) in [6, 6.07) is 30.9. The Balaban J connectivity index is 0.000000467. The Kier molecular flexibility index (Phi) is 10.2. The summed E-state index contributed by atoms with van der Waals surface area (Å²) in [7, 11) is 0. The maximum absolute atomic E-state index is 14.3. The van der Waals surface area contributed by atoms with Crippen LogP contribution in [0.5, 0.6) is 0 Å². The zero-order valence-electron chi connectivity index (χ0n) is 24.7. The molecule has 2 aliphatic rings. The zero-order chi connectivity index (χ0) is 31.0. The van der Waals surface area contributed by atoms with E-state index in [0.29, 0.717) is 25.0 Å². The largest absolute Gasteiger partial charge is 0.478 e. The number of benzene rings is 3. The number of aliphatic hydroxyl groups is 1. The lowest BCUT2D eigenvalue weighted by atomic mass is 9.67. The van der Waals surface area contributed by atoms with Crippen LogP contribution in [-0.2, 0) is 25.4 Å². The van der Waals surface area contributed by atoms with Crippen molar-refractivity contribution in [3.8, 4) is 0 Å². The minimum absolute atomic E-state index is 0.116. The summed E-state index contributed by atoms with van der Waals surface area (Å²) in [5.41, 5.74) is 1.66. The van der Waals surface area contributed by atoms with E-state index in [1.165, 1.54) is 0 Å². The van der Waals surface area contributed by atoms with Gasteiger partial charge in [0.15, 0.2) is 0 Å². The first-order valence-electron chi connectivity index (χ1n) is 14.6. The topological polar surface area (TPSA) is 118 Å². The predicted molar refractivity (Wildman–Crippen MR) is 164 cm³/mol. The number of likely N-dealkylation sites (tertiary alicyclic amines) is 2. The smallest absolute Gasteiger partial charge is 0.328 e. The van der Waals surface area contributed by atoms with Gasteiger partial charge in [0.05, 0.1) is 5.60 Å². The van der Waals surface area contributed by atoms with Gasteiger partial charge in [0, 0.05) is 50.3 Å². The number of amides is 1. The molecule has 0 aromatic heterocycles. The molecular weight excluding hydrogens is 544 g/mol. The van der Waals surface area contributed by atoms with Crippen LogP contribution in [0.25, 0.3) is 0 Å². The van der Waals surface area contributed by atoms with Crippen LogP contribution in [-0.4, -0.2) is 75.2 Å². The Hall–Kier alpha value is -4.27. The zero-order valence-corrected chi connectivity index (χ0v) is 24.7. The molecular formula is C35H40N2O6. The molecule has 0 bridgehead atoms. The number of carbonyl (C=O) groups is 3. The van der Waals surface area contributed by atoms with E-state index in [-0.39, 0.29) is 17.9 Å².